The van der Waals surface area contributed by atoms with Crippen molar-refractivity contribution in [3.8, 4) is 0 Å². The molecule has 1 aliphatic rings. The van der Waals surface area contributed by atoms with Gasteiger partial charge in [-0.25, -0.2) is 4.79 Å². The zero-order valence-electron chi connectivity index (χ0n) is 14.9. The monoisotopic (exact) mass is 407 g/mol. The topological polar surface area (TPSA) is 84.2 Å². The second-order valence-electron chi connectivity index (χ2n) is 6.40. The van der Waals surface area contributed by atoms with E-state index in [0.29, 0.717) is 29.6 Å². The summed E-state index contributed by atoms with van der Waals surface area (Å²) in [6, 6.07) is 7.32. The van der Waals surface area contributed by atoms with Gasteiger partial charge in [0.1, 0.15) is 5.03 Å². The van der Waals surface area contributed by atoms with Gasteiger partial charge in [0.25, 0.3) is 0 Å². The van der Waals surface area contributed by atoms with Gasteiger partial charge < -0.3 is 10.4 Å². The molecule has 0 aliphatic heterocycles. The average molecular weight is 408 g/mol. The third-order valence-electron chi connectivity index (χ3n) is 4.48. The second kappa shape index (κ2) is 9.39. The van der Waals surface area contributed by atoms with Crippen molar-refractivity contribution in [2.45, 2.75) is 43.8 Å². The molecule has 0 saturated carbocycles. The van der Waals surface area contributed by atoms with E-state index in [1.54, 1.807) is 16.7 Å². The molecule has 3 rings (SSSR count). The number of aliphatic hydroxyl groups excluding tert-OH is 1. The van der Waals surface area contributed by atoms with Crippen LogP contribution in [-0.4, -0.2) is 32.9 Å². The van der Waals surface area contributed by atoms with Gasteiger partial charge in [0.15, 0.2) is 0 Å². The fraction of sp³-hybridized carbons (Fsp3) is 0.421. The number of hydrogen-bond acceptors (Lipinski definition) is 5. The predicted molar refractivity (Wildman–Crippen MR) is 106 cm³/mol. The van der Waals surface area contributed by atoms with Gasteiger partial charge in [-0.3, -0.25) is 9.36 Å². The van der Waals surface area contributed by atoms with Crippen molar-refractivity contribution in [1.82, 2.24) is 14.9 Å². The minimum atomic E-state index is -0.298. The van der Waals surface area contributed by atoms with Gasteiger partial charge in [0.05, 0.1) is 5.75 Å². The maximum Gasteiger partial charge on any atom is 0.348 e. The first-order chi connectivity index (χ1) is 13.1. The molecule has 0 saturated heterocycles. The molecule has 1 aromatic carbocycles. The van der Waals surface area contributed by atoms with Gasteiger partial charge in [0, 0.05) is 36.0 Å². The van der Waals surface area contributed by atoms with Crippen molar-refractivity contribution in [2.75, 3.05) is 12.4 Å². The highest BCUT2D eigenvalue weighted by molar-refractivity contribution is 7.99. The molecule has 0 bridgehead atoms. The molecule has 0 unspecified atom stereocenters. The van der Waals surface area contributed by atoms with Crippen molar-refractivity contribution >= 4 is 29.3 Å². The van der Waals surface area contributed by atoms with E-state index in [0.717, 1.165) is 36.1 Å². The summed E-state index contributed by atoms with van der Waals surface area (Å²) < 4.78 is 1.67. The summed E-state index contributed by atoms with van der Waals surface area (Å²) >= 11 is 7.16. The molecular formula is C19H22ClN3O3S. The average Bonchev–Trinajstić information content (AvgIpc) is 3.15. The van der Waals surface area contributed by atoms with Crippen LogP contribution in [0.3, 0.4) is 0 Å². The summed E-state index contributed by atoms with van der Waals surface area (Å²) in [6.45, 7) is 0.966. The summed E-state index contributed by atoms with van der Waals surface area (Å²) in [7, 11) is 0. The number of carbonyl (C=O) groups excluding carboxylic acids is 1. The summed E-state index contributed by atoms with van der Waals surface area (Å²) in [6.07, 6.45) is 3.23. The maximum absolute atomic E-state index is 12.3. The molecule has 0 radical (unpaired) electrons. The Morgan fingerprint density at radius 1 is 1.30 bits per heavy atom. The molecule has 1 aliphatic carbocycles. The number of aliphatic hydroxyl groups is 1. The lowest BCUT2D eigenvalue weighted by Gasteiger charge is -2.13. The summed E-state index contributed by atoms with van der Waals surface area (Å²) in [5.41, 5.74) is 2.76. The number of rotatable bonds is 8. The van der Waals surface area contributed by atoms with Crippen LogP contribution in [0.5, 0.6) is 0 Å². The number of nitrogens with one attached hydrogen (secondary N) is 1. The van der Waals surface area contributed by atoms with Gasteiger partial charge >= 0.3 is 5.69 Å². The Morgan fingerprint density at radius 3 is 2.81 bits per heavy atom. The van der Waals surface area contributed by atoms with Gasteiger partial charge in [-0.15, -0.1) is 0 Å². The Labute approximate surface area is 167 Å². The first-order valence-electron chi connectivity index (χ1n) is 8.96. The van der Waals surface area contributed by atoms with Crippen LogP contribution >= 0.6 is 23.4 Å². The Morgan fingerprint density at radius 2 is 2.07 bits per heavy atom. The molecule has 0 atom stereocenters. The van der Waals surface area contributed by atoms with Crippen LogP contribution < -0.4 is 11.0 Å². The fourth-order valence-electron chi connectivity index (χ4n) is 3.15. The molecule has 1 heterocycles. The van der Waals surface area contributed by atoms with E-state index in [1.165, 1.54) is 11.8 Å². The molecular weight excluding hydrogens is 386 g/mol. The molecule has 144 valence electrons. The highest BCUT2D eigenvalue weighted by Crippen LogP contribution is 2.29. The maximum atomic E-state index is 12.3. The molecule has 8 heteroatoms. The van der Waals surface area contributed by atoms with Crippen LogP contribution in [-0.2, 0) is 30.7 Å². The Hall–Kier alpha value is -1.83. The SMILES string of the molecule is O=C(CSc1nc(=O)n(CCCO)c2c1CCC2)NCc1ccc(Cl)cc1. The molecule has 2 N–H and O–H groups in total. The quantitative estimate of drug-likeness (QED) is 0.517. The van der Waals surface area contributed by atoms with Crippen LogP contribution in [0.15, 0.2) is 34.1 Å². The standard InChI is InChI=1S/C19H22ClN3O3S/c20-14-7-5-13(6-8-14)11-21-17(25)12-27-18-15-3-1-4-16(15)23(9-2-10-24)19(26)22-18/h5-8,24H,1-4,9-12H2,(H,21,25). The highest BCUT2D eigenvalue weighted by atomic mass is 35.5. The van der Waals surface area contributed by atoms with Crippen molar-refractivity contribution in [3.05, 3.63) is 56.6 Å². The number of halogens is 1. The molecule has 2 aromatic rings. The second-order valence-corrected chi connectivity index (χ2v) is 7.80. The van der Waals surface area contributed by atoms with Gasteiger partial charge in [-0.05, 0) is 43.4 Å². The van der Waals surface area contributed by atoms with E-state index in [1.807, 2.05) is 12.1 Å². The van der Waals surface area contributed by atoms with Crippen molar-refractivity contribution in [3.63, 3.8) is 0 Å². The number of amides is 1. The minimum Gasteiger partial charge on any atom is -0.396 e. The zero-order valence-corrected chi connectivity index (χ0v) is 16.5. The third-order valence-corrected chi connectivity index (χ3v) is 5.75. The van der Waals surface area contributed by atoms with Crippen molar-refractivity contribution in [1.29, 1.82) is 0 Å². The minimum absolute atomic E-state index is 0.0471. The van der Waals surface area contributed by atoms with E-state index in [-0.39, 0.29) is 24.0 Å². The molecule has 6 nitrogen and oxygen atoms in total. The molecule has 0 spiro atoms. The lowest BCUT2D eigenvalue weighted by atomic mass is 10.2. The van der Waals surface area contributed by atoms with E-state index in [9.17, 15) is 9.59 Å². The number of carbonyl (C=O) groups is 1. The van der Waals surface area contributed by atoms with Crippen LogP contribution in [0.2, 0.25) is 5.02 Å². The third kappa shape index (κ3) is 5.12. The first-order valence-corrected chi connectivity index (χ1v) is 10.3. The Bertz CT molecular complexity index is 868. The number of benzene rings is 1. The first kappa shape index (κ1) is 19.9. The zero-order chi connectivity index (χ0) is 19.2. The smallest absolute Gasteiger partial charge is 0.348 e. The van der Waals surface area contributed by atoms with Crippen LogP contribution in [0.25, 0.3) is 0 Å². The largest absolute Gasteiger partial charge is 0.396 e. The van der Waals surface area contributed by atoms with Gasteiger partial charge in [-0.1, -0.05) is 35.5 Å². The molecule has 0 fully saturated rings. The molecule has 1 amide bonds. The Kier molecular flexibility index (Phi) is 6.93. The number of thioether (sulfide) groups is 1. The lowest BCUT2D eigenvalue weighted by Crippen LogP contribution is -2.28. The summed E-state index contributed by atoms with van der Waals surface area (Å²) in [5.74, 6) is 0.112. The predicted octanol–water partition coefficient (Wildman–Crippen LogP) is 2.18. The van der Waals surface area contributed by atoms with E-state index < -0.39 is 0 Å². The van der Waals surface area contributed by atoms with Crippen LogP contribution in [0, 0.1) is 0 Å². The number of nitrogens with zero attached hydrogens (tertiary/aromatic N) is 2. The van der Waals surface area contributed by atoms with Gasteiger partial charge in [-0.2, -0.15) is 4.98 Å². The normalized spacial score (nSPS) is 12.8. The Balaban J connectivity index is 1.61. The summed E-state index contributed by atoms with van der Waals surface area (Å²) in [4.78, 5) is 28.7. The molecule has 27 heavy (non-hydrogen) atoms. The van der Waals surface area contributed by atoms with E-state index in [4.69, 9.17) is 16.7 Å². The number of aromatic nitrogens is 2. The number of hydrogen-bond donors (Lipinski definition) is 2. The fourth-order valence-corrected chi connectivity index (χ4v) is 4.19. The van der Waals surface area contributed by atoms with Crippen molar-refractivity contribution < 1.29 is 9.90 Å². The van der Waals surface area contributed by atoms with E-state index in [2.05, 4.69) is 10.3 Å². The van der Waals surface area contributed by atoms with Crippen molar-refractivity contribution in [2.24, 2.45) is 0 Å². The summed E-state index contributed by atoms with van der Waals surface area (Å²) in [5, 5.41) is 13.2. The van der Waals surface area contributed by atoms with Gasteiger partial charge in [0.2, 0.25) is 5.91 Å². The highest BCUT2D eigenvalue weighted by Gasteiger charge is 2.22. The number of fused-ring (bicyclic) bond motifs is 1. The van der Waals surface area contributed by atoms with Crippen LogP contribution in [0.1, 0.15) is 29.7 Å². The van der Waals surface area contributed by atoms with Crippen LogP contribution in [0.4, 0.5) is 0 Å². The molecule has 1 aromatic heterocycles. The lowest BCUT2D eigenvalue weighted by molar-refractivity contribution is -0.118. The van der Waals surface area contributed by atoms with E-state index >= 15 is 0 Å².